The van der Waals surface area contributed by atoms with Crippen molar-refractivity contribution in [2.75, 3.05) is 13.2 Å². The highest BCUT2D eigenvalue weighted by molar-refractivity contribution is 7.10. The molecule has 1 heterocycles. The van der Waals surface area contributed by atoms with E-state index in [4.69, 9.17) is 16.3 Å². The van der Waals surface area contributed by atoms with Crippen LogP contribution in [0.4, 0.5) is 0 Å². The van der Waals surface area contributed by atoms with E-state index in [0.717, 1.165) is 12.8 Å². The zero-order valence-corrected chi connectivity index (χ0v) is 14.5. The molecule has 1 saturated carbocycles. The first-order chi connectivity index (χ1) is 11.2. The van der Waals surface area contributed by atoms with E-state index >= 15 is 0 Å². The van der Waals surface area contributed by atoms with Gasteiger partial charge < -0.3 is 10.1 Å². The van der Waals surface area contributed by atoms with Crippen molar-refractivity contribution in [3.8, 4) is 5.75 Å². The molecule has 1 aliphatic carbocycles. The number of carbonyl (C=O) groups excluding carboxylic acids is 1. The van der Waals surface area contributed by atoms with Crippen LogP contribution in [0.3, 0.4) is 0 Å². The van der Waals surface area contributed by atoms with Crippen LogP contribution in [-0.2, 0) is 10.2 Å². The Morgan fingerprint density at radius 2 is 1.96 bits per heavy atom. The third kappa shape index (κ3) is 4.06. The standard InChI is InChI=1S/C18H20ClNO2S/c19-14-5-7-15(8-6-14)22-12-17(21)20-13-18(9-1-2-10-18)16-4-3-11-23-16/h3-8,11H,1-2,9-10,12-13H2,(H,20,21). The predicted octanol–water partition coefficient (Wildman–Crippen LogP) is 4.41. The average Bonchev–Trinajstić information content (AvgIpc) is 3.24. The van der Waals surface area contributed by atoms with E-state index in [1.807, 2.05) is 0 Å². The maximum atomic E-state index is 12.1. The maximum Gasteiger partial charge on any atom is 0.257 e. The molecule has 2 aromatic rings. The smallest absolute Gasteiger partial charge is 0.257 e. The van der Waals surface area contributed by atoms with Crippen LogP contribution in [0.5, 0.6) is 5.75 Å². The van der Waals surface area contributed by atoms with Crippen molar-refractivity contribution in [1.82, 2.24) is 5.32 Å². The molecule has 3 rings (SSSR count). The molecular formula is C18H20ClNO2S. The van der Waals surface area contributed by atoms with Crippen LogP contribution in [0.1, 0.15) is 30.6 Å². The van der Waals surface area contributed by atoms with Gasteiger partial charge in [-0.15, -0.1) is 11.3 Å². The van der Waals surface area contributed by atoms with E-state index in [9.17, 15) is 4.79 Å². The van der Waals surface area contributed by atoms with Gasteiger partial charge in [0.05, 0.1) is 0 Å². The Bertz CT molecular complexity index is 634. The van der Waals surface area contributed by atoms with E-state index in [-0.39, 0.29) is 17.9 Å². The molecule has 0 aliphatic heterocycles. The van der Waals surface area contributed by atoms with Gasteiger partial charge in [-0.3, -0.25) is 4.79 Å². The van der Waals surface area contributed by atoms with Gasteiger partial charge in [0.15, 0.2) is 6.61 Å². The van der Waals surface area contributed by atoms with E-state index < -0.39 is 0 Å². The van der Waals surface area contributed by atoms with Crippen LogP contribution >= 0.6 is 22.9 Å². The third-order valence-electron chi connectivity index (χ3n) is 4.41. The quantitative estimate of drug-likeness (QED) is 0.839. The molecule has 0 saturated heterocycles. The van der Waals surface area contributed by atoms with Gasteiger partial charge in [-0.25, -0.2) is 0 Å². The molecule has 1 fully saturated rings. The Morgan fingerprint density at radius 1 is 1.22 bits per heavy atom. The zero-order valence-electron chi connectivity index (χ0n) is 12.9. The molecule has 3 nitrogen and oxygen atoms in total. The van der Waals surface area contributed by atoms with Crippen molar-refractivity contribution in [2.45, 2.75) is 31.1 Å². The van der Waals surface area contributed by atoms with Crippen molar-refractivity contribution in [1.29, 1.82) is 0 Å². The van der Waals surface area contributed by atoms with Crippen LogP contribution in [-0.4, -0.2) is 19.1 Å². The molecule has 23 heavy (non-hydrogen) atoms. The molecule has 1 amide bonds. The van der Waals surface area contributed by atoms with Crippen LogP contribution in [0.15, 0.2) is 41.8 Å². The van der Waals surface area contributed by atoms with Gasteiger partial charge in [0.1, 0.15) is 5.75 Å². The summed E-state index contributed by atoms with van der Waals surface area (Å²) in [6.45, 7) is 0.721. The highest BCUT2D eigenvalue weighted by Crippen LogP contribution is 2.42. The fourth-order valence-corrected chi connectivity index (χ4v) is 4.25. The molecule has 1 aromatic heterocycles. The van der Waals surface area contributed by atoms with Crippen LogP contribution in [0, 0.1) is 0 Å². The molecule has 1 aromatic carbocycles. The van der Waals surface area contributed by atoms with E-state index in [1.165, 1.54) is 17.7 Å². The number of hydrogen-bond donors (Lipinski definition) is 1. The Balaban J connectivity index is 1.52. The zero-order chi connectivity index (χ0) is 16.1. The first kappa shape index (κ1) is 16.3. The largest absolute Gasteiger partial charge is 0.484 e. The summed E-state index contributed by atoms with van der Waals surface area (Å²) in [5, 5.41) is 5.82. The van der Waals surface area contributed by atoms with Crippen molar-refractivity contribution in [3.05, 3.63) is 51.7 Å². The van der Waals surface area contributed by atoms with Gasteiger partial charge in [0.2, 0.25) is 0 Å². The molecule has 0 radical (unpaired) electrons. The summed E-state index contributed by atoms with van der Waals surface area (Å²) in [5.74, 6) is 0.571. The van der Waals surface area contributed by atoms with Crippen LogP contribution in [0.2, 0.25) is 5.02 Å². The highest BCUT2D eigenvalue weighted by atomic mass is 35.5. The van der Waals surface area contributed by atoms with E-state index in [1.54, 1.807) is 35.6 Å². The fraction of sp³-hybridized carbons (Fsp3) is 0.389. The first-order valence-electron chi connectivity index (χ1n) is 7.87. The van der Waals surface area contributed by atoms with E-state index in [2.05, 4.69) is 22.8 Å². The third-order valence-corrected chi connectivity index (χ3v) is 5.78. The lowest BCUT2D eigenvalue weighted by atomic mass is 9.84. The summed E-state index contributed by atoms with van der Waals surface area (Å²) >= 11 is 7.61. The molecule has 122 valence electrons. The topological polar surface area (TPSA) is 38.3 Å². The number of nitrogens with one attached hydrogen (secondary N) is 1. The van der Waals surface area contributed by atoms with Crippen LogP contribution in [0.25, 0.3) is 0 Å². The Morgan fingerprint density at radius 3 is 2.61 bits per heavy atom. The van der Waals surface area contributed by atoms with Crippen molar-refractivity contribution in [3.63, 3.8) is 0 Å². The fourth-order valence-electron chi connectivity index (χ4n) is 3.14. The molecule has 0 spiro atoms. The van der Waals surface area contributed by atoms with Gasteiger partial charge in [0, 0.05) is 21.9 Å². The minimum absolute atomic E-state index is 0.0299. The molecular weight excluding hydrogens is 330 g/mol. The number of benzene rings is 1. The predicted molar refractivity (Wildman–Crippen MR) is 94.4 cm³/mol. The summed E-state index contributed by atoms with van der Waals surface area (Å²) < 4.78 is 5.49. The summed E-state index contributed by atoms with van der Waals surface area (Å²) in [5.41, 5.74) is 0.115. The first-order valence-corrected chi connectivity index (χ1v) is 9.13. The van der Waals surface area contributed by atoms with Gasteiger partial charge in [-0.05, 0) is 48.6 Å². The second-order valence-corrected chi connectivity index (χ2v) is 7.37. The number of halogens is 1. The SMILES string of the molecule is O=C(COc1ccc(Cl)cc1)NCC1(c2cccs2)CCCC1. The van der Waals surface area contributed by atoms with Crippen LogP contribution < -0.4 is 10.1 Å². The second kappa shape index (κ2) is 7.37. The summed E-state index contributed by atoms with van der Waals surface area (Å²) in [7, 11) is 0. The van der Waals surface area contributed by atoms with Gasteiger partial charge in [-0.2, -0.15) is 0 Å². The van der Waals surface area contributed by atoms with Gasteiger partial charge in [-0.1, -0.05) is 30.5 Å². The Labute approximate surface area is 145 Å². The number of thiophene rings is 1. The summed E-state index contributed by atoms with van der Waals surface area (Å²) in [6, 6.07) is 11.3. The Kier molecular flexibility index (Phi) is 5.23. The minimum atomic E-state index is -0.0808. The van der Waals surface area contributed by atoms with Gasteiger partial charge in [0.25, 0.3) is 5.91 Å². The van der Waals surface area contributed by atoms with Crippen molar-refractivity contribution >= 4 is 28.8 Å². The number of hydrogen-bond acceptors (Lipinski definition) is 3. The molecule has 0 atom stereocenters. The summed E-state index contributed by atoms with van der Waals surface area (Å²) in [6.07, 6.45) is 4.75. The van der Waals surface area contributed by atoms with Gasteiger partial charge >= 0.3 is 0 Å². The minimum Gasteiger partial charge on any atom is -0.484 e. The lowest BCUT2D eigenvalue weighted by molar-refractivity contribution is -0.123. The van der Waals surface area contributed by atoms with E-state index in [0.29, 0.717) is 17.3 Å². The molecule has 1 aliphatic rings. The number of amides is 1. The second-order valence-electron chi connectivity index (χ2n) is 5.98. The van der Waals surface area contributed by atoms with Crippen molar-refractivity contribution < 1.29 is 9.53 Å². The normalized spacial score (nSPS) is 16.2. The number of carbonyl (C=O) groups is 1. The average molecular weight is 350 g/mol. The monoisotopic (exact) mass is 349 g/mol. The molecule has 0 bridgehead atoms. The lowest BCUT2D eigenvalue weighted by Crippen LogP contribution is -2.40. The van der Waals surface area contributed by atoms with Crippen molar-refractivity contribution in [2.24, 2.45) is 0 Å². The summed E-state index contributed by atoms with van der Waals surface area (Å²) in [4.78, 5) is 13.5. The molecule has 5 heteroatoms. The highest BCUT2D eigenvalue weighted by Gasteiger charge is 2.36. The lowest BCUT2D eigenvalue weighted by Gasteiger charge is -2.28. The Hall–Kier alpha value is -1.52. The maximum absolute atomic E-state index is 12.1. The number of ether oxygens (including phenoxy) is 1. The molecule has 1 N–H and O–H groups in total. The molecule has 0 unspecified atom stereocenters. The number of rotatable bonds is 6.